The monoisotopic (exact) mass is 360 g/mol. The summed E-state index contributed by atoms with van der Waals surface area (Å²) in [7, 11) is 0. The molecule has 0 saturated carbocycles. The molecule has 0 saturated heterocycles. The number of nitrogens with zero attached hydrogens (tertiary/aromatic N) is 4. The van der Waals surface area contributed by atoms with Gasteiger partial charge >= 0.3 is 0 Å². The van der Waals surface area contributed by atoms with Crippen molar-refractivity contribution >= 4 is 27.5 Å². The molecule has 0 unspecified atom stereocenters. The van der Waals surface area contributed by atoms with E-state index < -0.39 is 0 Å². The molecule has 1 aromatic carbocycles. The maximum atomic E-state index is 6.20. The molecule has 0 aliphatic heterocycles. The molecule has 0 fully saturated rings. The van der Waals surface area contributed by atoms with Crippen LogP contribution >= 0.6 is 27.5 Å². The molecule has 2 aromatic heterocycles. The smallest absolute Gasteiger partial charge is 0.199 e. The van der Waals surface area contributed by atoms with Gasteiger partial charge in [0, 0.05) is 18.0 Å². The molecule has 3 rings (SSSR count). The summed E-state index contributed by atoms with van der Waals surface area (Å²) < 4.78 is 0.659. The molecule has 6 heteroatoms. The summed E-state index contributed by atoms with van der Waals surface area (Å²) in [6, 6.07) is 9.76. The third-order valence-corrected chi connectivity index (χ3v) is 4.09. The van der Waals surface area contributed by atoms with E-state index in [0.29, 0.717) is 21.3 Å². The van der Waals surface area contributed by atoms with E-state index in [1.54, 1.807) is 12.4 Å². The van der Waals surface area contributed by atoms with E-state index in [0.717, 1.165) is 16.8 Å². The summed E-state index contributed by atoms with van der Waals surface area (Å²) in [5.74, 6) is 0.856. The van der Waals surface area contributed by atoms with Crippen molar-refractivity contribution in [2.75, 3.05) is 0 Å². The van der Waals surface area contributed by atoms with Crippen molar-refractivity contribution in [3.8, 4) is 22.9 Å². The minimum Gasteiger partial charge on any atom is -0.234 e. The average molecular weight is 362 g/mol. The van der Waals surface area contributed by atoms with Crippen molar-refractivity contribution in [1.82, 2.24) is 19.9 Å². The number of rotatable bonds is 2. The van der Waals surface area contributed by atoms with Crippen LogP contribution in [0, 0.1) is 6.92 Å². The fourth-order valence-corrected chi connectivity index (χ4v) is 2.39. The number of benzene rings is 1. The highest BCUT2D eigenvalue weighted by molar-refractivity contribution is 9.10. The highest BCUT2D eigenvalue weighted by Crippen LogP contribution is 2.32. The molecule has 21 heavy (non-hydrogen) atoms. The van der Waals surface area contributed by atoms with Crippen LogP contribution in [-0.2, 0) is 0 Å². The van der Waals surface area contributed by atoms with Crippen LogP contribution in [-0.4, -0.2) is 19.9 Å². The van der Waals surface area contributed by atoms with E-state index in [-0.39, 0.29) is 0 Å². The predicted molar refractivity (Wildman–Crippen MR) is 85.9 cm³/mol. The van der Waals surface area contributed by atoms with Crippen LogP contribution in [0.5, 0.6) is 0 Å². The van der Waals surface area contributed by atoms with Gasteiger partial charge in [-0.25, -0.2) is 19.9 Å². The Hall–Kier alpha value is -1.85. The molecule has 0 atom stereocenters. The lowest BCUT2D eigenvalue weighted by Crippen LogP contribution is -1.99. The largest absolute Gasteiger partial charge is 0.234 e. The summed E-state index contributed by atoms with van der Waals surface area (Å²) in [6.07, 6.45) is 3.45. The average Bonchev–Trinajstić information content (AvgIpc) is 2.51. The molecule has 0 aliphatic rings. The first kappa shape index (κ1) is 14.1. The quantitative estimate of drug-likeness (QED) is 0.638. The zero-order valence-corrected chi connectivity index (χ0v) is 13.4. The van der Waals surface area contributed by atoms with Crippen molar-refractivity contribution in [3.05, 3.63) is 57.9 Å². The Morgan fingerprint density at radius 3 is 2.29 bits per heavy atom. The first-order valence-corrected chi connectivity index (χ1v) is 7.39. The van der Waals surface area contributed by atoms with Gasteiger partial charge in [-0.1, -0.05) is 41.9 Å². The molecule has 4 nitrogen and oxygen atoms in total. The number of aryl methyl sites for hydroxylation is 1. The van der Waals surface area contributed by atoms with Crippen LogP contribution in [0.2, 0.25) is 5.15 Å². The molecule has 0 spiro atoms. The van der Waals surface area contributed by atoms with Gasteiger partial charge in [-0.05, 0) is 28.4 Å². The Balaban J connectivity index is 2.16. The molecule has 2 heterocycles. The highest BCUT2D eigenvalue weighted by atomic mass is 79.9. The Labute approximate surface area is 135 Å². The van der Waals surface area contributed by atoms with E-state index in [1.165, 1.54) is 0 Å². The van der Waals surface area contributed by atoms with Gasteiger partial charge in [0.1, 0.15) is 5.15 Å². The second-order valence-electron chi connectivity index (χ2n) is 4.45. The van der Waals surface area contributed by atoms with Crippen LogP contribution in [0.1, 0.15) is 5.56 Å². The lowest BCUT2D eigenvalue weighted by molar-refractivity contribution is 1.06. The summed E-state index contributed by atoms with van der Waals surface area (Å²) >= 11 is 9.63. The van der Waals surface area contributed by atoms with E-state index in [4.69, 9.17) is 11.6 Å². The van der Waals surface area contributed by atoms with Gasteiger partial charge in [-0.2, -0.15) is 0 Å². The third-order valence-electron chi connectivity index (χ3n) is 2.84. The molecule has 0 bridgehead atoms. The number of hydrogen-bond donors (Lipinski definition) is 0. The first-order valence-electron chi connectivity index (χ1n) is 6.22. The van der Waals surface area contributed by atoms with Gasteiger partial charge in [0.15, 0.2) is 11.6 Å². The molecule has 0 aliphatic carbocycles. The van der Waals surface area contributed by atoms with Gasteiger partial charge in [0.2, 0.25) is 0 Å². The Morgan fingerprint density at radius 2 is 1.62 bits per heavy atom. The topological polar surface area (TPSA) is 51.6 Å². The van der Waals surface area contributed by atoms with Crippen molar-refractivity contribution in [2.45, 2.75) is 6.92 Å². The Bertz CT molecular complexity index is 776. The van der Waals surface area contributed by atoms with Crippen LogP contribution in [0.3, 0.4) is 0 Å². The molecule has 0 radical (unpaired) electrons. The number of halogens is 2. The van der Waals surface area contributed by atoms with Gasteiger partial charge < -0.3 is 0 Å². The summed E-state index contributed by atoms with van der Waals surface area (Å²) in [5, 5.41) is 0.336. The second-order valence-corrected chi connectivity index (χ2v) is 5.60. The second kappa shape index (κ2) is 5.87. The zero-order valence-electron chi connectivity index (χ0n) is 11.1. The van der Waals surface area contributed by atoms with Crippen LogP contribution < -0.4 is 0 Å². The molecular weight excluding hydrogens is 352 g/mol. The van der Waals surface area contributed by atoms with E-state index in [2.05, 4.69) is 35.9 Å². The van der Waals surface area contributed by atoms with Gasteiger partial charge in [0.25, 0.3) is 0 Å². The molecular formula is C15H10BrClN4. The van der Waals surface area contributed by atoms with Gasteiger partial charge in [-0.15, -0.1) is 0 Å². The lowest BCUT2D eigenvalue weighted by Gasteiger charge is -2.07. The van der Waals surface area contributed by atoms with E-state index in [9.17, 15) is 0 Å². The van der Waals surface area contributed by atoms with Crippen molar-refractivity contribution in [3.63, 3.8) is 0 Å². The normalized spacial score (nSPS) is 10.6. The SMILES string of the molecule is Cc1cnc(-c2nc(Cl)c(Br)c(-c3ccccc3)n2)nc1. The van der Waals surface area contributed by atoms with E-state index >= 15 is 0 Å². The Morgan fingerprint density at radius 1 is 0.952 bits per heavy atom. The maximum Gasteiger partial charge on any atom is 0.199 e. The van der Waals surface area contributed by atoms with Crippen LogP contribution in [0.4, 0.5) is 0 Å². The van der Waals surface area contributed by atoms with Gasteiger partial charge in [0.05, 0.1) is 10.2 Å². The molecule has 0 N–H and O–H groups in total. The molecule has 104 valence electrons. The maximum absolute atomic E-state index is 6.20. The van der Waals surface area contributed by atoms with Gasteiger partial charge in [-0.3, -0.25) is 0 Å². The van der Waals surface area contributed by atoms with Crippen molar-refractivity contribution < 1.29 is 0 Å². The fraction of sp³-hybridized carbons (Fsp3) is 0.0667. The number of hydrogen-bond acceptors (Lipinski definition) is 4. The summed E-state index contributed by atoms with van der Waals surface area (Å²) in [5.41, 5.74) is 2.64. The fourth-order valence-electron chi connectivity index (χ4n) is 1.82. The zero-order chi connectivity index (χ0) is 14.8. The minimum absolute atomic E-state index is 0.336. The van der Waals surface area contributed by atoms with E-state index in [1.807, 2.05) is 37.3 Å². The first-order chi connectivity index (χ1) is 10.1. The predicted octanol–water partition coefficient (Wildman–Crippen LogP) is 4.32. The van der Waals surface area contributed by atoms with Crippen LogP contribution in [0.15, 0.2) is 47.2 Å². The van der Waals surface area contributed by atoms with Crippen molar-refractivity contribution in [1.29, 1.82) is 0 Å². The summed E-state index contributed by atoms with van der Waals surface area (Å²) in [4.78, 5) is 17.3. The Kier molecular flexibility index (Phi) is 3.94. The highest BCUT2D eigenvalue weighted by Gasteiger charge is 2.15. The molecule has 3 aromatic rings. The summed E-state index contributed by atoms with van der Waals surface area (Å²) in [6.45, 7) is 1.93. The van der Waals surface area contributed by atoms with Crippen LogP contribution in [0.25, 0.3) is 22.9 Å². The lowest BCUT2D eigenvalue weighted by atomic mass is 10.1. The van der Waals surface area contributed by atoms with Crippen molar-refractivity contribution in [2.24, 2.45) is 0 Å². The third kappa shape index (κ3) is 2.94. The molecule has 0 amide bonds. The standard InChI is InChI=1S/C15H10BrClN4/c1-9-7-18-14(19-8-9)15-20-12(11(16)13(17)21-15)10-5-3-2-4-6-10/h2-8H,1H3. The number of aromatic nitrogens is 4. The minimum atomic E-state index is 0.336.